The first kappa shape index (κ1) is 24.8. The molecule has 0 aliphatic heterocycles. The number of fused-ring (bicyclic) bond motifs is 7. The van der Waals surface area contributed by atoms with E-state index >= 15 is 0 Å². The molecular formula is C30H48O4. The van der Waals surface area contributed by atoms with Crippen LogP contribution in [0.5, 0.6) is 0 Å². The van der Waals surface area contributed by atoms with Crippen LogP contribution in [0.25, 0.3) is 0 Å². The van der Waals surface area contributed by atoms with Gasteiger partial charge < -0.3 is 15.3 Å². The van der Waals surface area contributed by atoms with E-state index in [1.165, 1.54) is 5.57 Å². The number of aliphatic hydroxyl groups excluding tert-OH is 2. The van der Waals surface area contributed by atoms with Crippen molar-refractivity contribution in [2.45, 2.75) is 112 Å². The smallest absolute Gasteiger partial charge is 0.310 e. The third-order valence-electron chi connectivity index (χ3n) is 13.4. The summed E-state index contributed by atoms with van der Waals surface area (Å²) in [5.41, 5.74) is 0.574. The van der Waals surface area contributed by atoms with Crippen molar-refractivity contribution in [1.29, 1.82) is 0 Å². The summed E-state index contributed by atoms with van der Waals surface area (Å²) in [6, 6.07) is 0. The molecule has 0 aromatic heterocycles. The highest BCUT2D eigenvalue weighted by molar-refractivity contribution is 5.76. The lowest BCUT2D eigenvalue weighted by molar-refractivity contribution is -0.232. The second-order valence-electron chi connectivity index (χ2n) is 14.6. The van der Waals surface area contributed by atoms with Gasteiger partial charge in [0.1, 0.15) is 0 Å². The fourth-order valence-corrected chi connectivity index (χ4v) is 11.0. The number of hydrogen-bond acceptors (Lipinski definition) is 3. The van der Waals surface area contributed by atoms with E-state index in [0.29, 0.717) is 30.1 Å². The topological polar surface area (TPSA) is 77.8 Å². The summed E-state index contributed by atoms with van der Waals surface area (Å²) >= 11 is 0. The molecule has 0 heterocycles. The highest BCUT2D eigenvalue weighted by Crippen LogP contribution is 2.75. The van der Waals surface area contributed by atoms with Gasteiger partial charge in [-0.25, -0.2) is 0 Å². The number of hydrogen-bond donors (Lipinski definition) is 3. The molecule has 0 amide bonds. The van der Waals surface area contributed by atoms with Crippen LogP contribution in [0.4, 0.5) is 0 Å². The number of aliphatic carboxylic acids is 1. The Morgan fingerprint density at radius 3 is 2.26 bits per heavy atom. The van der Waals surface area contributed by atoms with Crippen molar-refractivity contribution in [1.82, 2.24) is 0 Å². The Bertz CT molecular complexity index is 907. The summed E-state index contributed by atoms with van der Waals surface area (Å²) in [5.74, 6) is 1.30. The maximum Gasteiger partial charge on any atom is 0.310 e. The van der Waals surface area contributed by atoms with E-state index in [4.69, 9.17) is 0 Å². The van der Waals surface area contributed by atoms with Gasteiger partial charge in [0.15, 0.2) is 0 Å². The van der Waals surface area contributed by atoms with Crippen LogP contribution in [0.2, 0.25) is 0 Å². The number of aliphatic hydroxyl groups is 2. The molecule has 2 unspecified atom stereocenters. The van der Waals surface area contributed by atoms with Crippen LogP contribution in [0.3, 0.4) is 0 Å². The van der Waals surface area contributed by atoms with E-state index in [1.54, 1.807) is 0 Å². The van der Waals surface area contributed by atoms with Crippen LogP contribution < -0.4 is 0 Å². The van der Waals surface area contributed by atoms with Crippen molar-refractivity contribution in [3.8, 4) is 0 Å². The van der Waals surface area contributed by atoms with Gasteiger partial charge in [0.2, 0.25) is 0 Å². The van der Waals surface area contributed by atoms with Crippen molar-refractivity contribution < 1.29 is 20.1 Å². The molecule has 4 heteroatoms. The highest BCUT2D eigenvalue weighted by Gasteiger charge is 2.70. The van der Waals surface area contributed by atoms with Gasteiger partial charge >= 0.3 is 5.97 Å². The van der Waals surface area contributed by atoms with Gasteiger partial charge in [-0.3, -0.25) is 4.79 Å². The molecule has 4 saturated carbocycles. The van der Waals surface area contributed by atoms with Gasteiger partial charge in [0.25, 0.3) is 0 Å². The van der Waals surface area contributed by atoms with Gasteiger partial charge in [-0.15, -0.1) is 0 Å². The first-order chi connectivity index (χ1) is 15.7. The molecular weight excluding hydrogens is 424 g/mol. The molecule has 0 saturated heterocycles. The third-order valence-corrected chi connectivity index (χ3v) is 13.4. The summed E-state index contributed by atoms with van der Waals surface area (Å²) in [5, 5.41) is 32.4. The quantitative estimate of drug-likeness (QED) is 0.405. The Morgan fingerprint density at radius 1 is 0.941 bits per heavy atom. The number of carbonyl (C=O) groups is 1. The molecule has 5 rings (SSSR count). The predicted molar refractivity (Wildman–Crippen MR) is 134 cm³/mol. The molecule has 0 aromatic carbocycles. The third kappa shape index (κ3) is 2.76. The minimum Gasteiger partial charge on any atom is -0.481 e. The molecule has 0 aromatic rings. The van der Waals surface area contributed by atoms with Crippen LogP contribution in [0.15, 0.2) is 11.6 Å². The average molecular weight is 473 g/mol. The molecule has 4 fully saturated rings. The number of allylic oxidation sites excluding steroid dienone is 2. The van der Waals surface area contributed by atoms with Gasteiger partial charge in [-0.2, -0.15) is 0 Å². The molecule has 3 N–H and O–H groups in total. The van der Waals surface area contributed by atoms with E-state index in [2.05, 4.69) is 54.5 Å². The van der Waals surface area contributed by atoms with E-state index < -0.39 is 23.6 Å². The molecule has 0 spiro atoms. The minimum atomic E-state index is -0.679. The minimum absolute atomic E-state index is 0.00993. The Kier molecular flexibility index (Phi) is 5.36. The van der Waals surface area contributed by atoms with Crippen molar-refractivity contribution in [3.63, 3.8) is 0 Å². The maximum atomic E-state index is 12.8. The molecule has 0 bridgehead atoms. The lowest BCUT2D eigenvalue weighted by Crippen LogP contribution is -2.67. The fraction of sp³-hybridized carbons (Fsp3) is 0.900. The van der Waals surface area contributed by atoms with Crippen LogP contribution >= 0.6 is 0 Å². The van der Waals surface area contributed by atoms with Gasteiger partial charge in [0, 0.05) is 0 Å². The van der Waals surface area contributed by atoms with Crippen LogP contribution in [-0.2, 0) is 4.79 Å². The molecule has 34 heavy (non-hydrogen) atoms. The first-order valence-corrected chi connectivity index (χ1v) is 14.0. The van der Waals surface area contributed by atoms with Crippen LogP contribution in [-0.4, -0.2) is 33.5 Å². The van der Waals surface area contributed by atoms with Crippen molar-refractivity contribution in [2.75, 3.05) is 0 Å². The lowest BCUT2D eigenvalue weighted by Gasteiger charge is -2.71. The van der Waals surface area contributed by atoms with E-state index in [0.717, 1.165) is 44.9 Å². The molecule has 11 atom stereocenters. The second-order valence-corrected chi connectivity index (χ2v) is 14.6. The van der Waals surface area contributed by atoms with E-state index in [1.807, 2.05) is 0 Å². The predicted octanol–water partition coefficient (Wildman–Crippen LogP) is 6.06. The van der Waals surface area contributed by atoms with Crippen molar-refractivity contribution in [3.05, 3.63) is 11.6 Å². The zero-order valence-corrected chi connectivity index (χ0v) is 22.5. The lowest BCUT2D eigenvalue weighted by atomic mass is 9.33. The summed E-state index contributed by atoms with van der Waals surface area (Å²) in [4.78, 5) is 12.8. The largest absolute Gasteiger partial charge is 0.481 e. The maximum absolute atomic E-state index is 12.8. The van der Waals surface area contributed by atoms with E-state index in [-0.39, 0.29) is 27.6 Å². The first-order valence-electron chi connectivity index (χ1n) is 14.0. The van der Waals surface area contributed by atoms with Crippen molar-refractivity contribution in [2.24, 2.45) is 56.7 Å². The fourth-order valence-electron chi connectivity index (χ4n) is 11.0. The van der Waals surface area contributed by atoms with Gasteiger partial charge in [-0.05, 0) is 103 Å². The summed E-state index contributed by atoms with van der Waals surface area (Å²) in [6.45, 7) is 16.3. The number of carboxylic acid groups (broad SMARTS) is 1. The summed E-state index contributed by atoms with van der Waals surface area (Å²) < 4.78 is 0. The Labute approximate surface area is 206 Å². The standard InChI is InChI=1S/C30H48O4/c1-17-10-13-30(25(33)34)15-14-28(6)19(23(30)18(17)2)8-9-22-27(5)16-20(31)24(32)26(3,4)21(27)11-12-29(22,28)7/h8,17-18,20-24,31-32H,9-16H2,1-7H3,(H,33,34)/t17-,18+,20+,21+,22-,23?,24+,27+,28-,29-,30?/m1/s1. The molecule has 0 radical (unpaired) electrons. The van der Waals surface area contributed by atoms with Crippen molar-refractivity contribution >= 4 is 5.97 Å². The highest BCUT2D eigenvalue weighted by atomic mass is 16.4. The SMILES string of the molecule is C[C@@H]1CCC2(C(=O)O)CC[C@]3(C)C(=CC[C@@H]4[C@@]5(C)C[C@H](O)[C@H](O)C(C)(C)[C@@H]5CC[C@]43C)C2[C@H]1C. The molecule has 192 valence electrons. The van der Waals surface area contributed by atoms with Crippen LogP contribution in [0.1, 0.15) is 99.8 Å². The zero-order chi connectivity index (χ0) is 25.1. The van der Waals surface area contributed by atoms with E-state index in [9.17, 15) is 20.1 Å². The molecule has 5 aliphatic carbocycles. The summed E-state index contributed by atoms with van der Waals surface area (Å²) in [7, 11) is 0. The molecule has 4 nitrogen and oxygen atoms in total. The average Bonchev–Trinajstić information content (AvgIpc) is 2.75. The van der Waals surface area contributed by atoms with Crippen LogP contribution in [0, 0.1) is 56.7 Å². The molecule has 5 aliphatic rings. The van der Waals surface area contributed by atoms with Gasteiger partial charge in [-0.1, -0.05) is 60.1 Å². The second kappa shape index (κ2) is 7.34. The van der Waals surface area contributed by atoms with Gasteiger partial charge in [0.05, 0.1) is 17.6 Å². The number of rotatable bonds is 1. The Hall–Kier alpha value is -0.870. The number of carboxylic acids is 1. The Morgan fingerprint density at radius 2 is 1.62 bits per heavy atom. The monoisotopic (exact) mass is 472 g/mol. The summed E-state index contributed by atoms with van der Waals surface area (Å²) in [6.07, 6.45) is 8.53. The zero-order valence-electron chi connectivity index (χ0n) is 22.5. The normalized spacial score (nSPS) is 56.3. The Balaban J connectivity index is 1.62.